The second kappa shape index (κ2) is 8.38. The number of pyridine rings is 1. The zero-order valence-corrected chi connectivity index (χ0v) is 18.3. The minimum absolute atomic E-state index is 0.0130. The third kappa shape index (κ3) is 4.38. The average molecular weight is 413 g/mol. The number of nitrogens with zero attached hydrogens (tertiary/aromatic N) is 1. The Hall–Kier alpha value is -3.40. The predicted molar refractivity (Wildman–Crippen MR) is 125 cm³/mol. The second-order valence-electron chi connectivity index (χ2n) is 8.65. The Balaban J connectivity index is 1.44. The number of aromatic nitrogens is 1. The molecule has 1 aliphatic rings. The Kier molecular flexibility index (Phi) is 5.64. The lowest BCUT2D eigenvalue weighted by atomic mass is 9.70. The van der Waals surface area contributed by atoms with Crippen LogP contribution in [-0.4, -0.2) is 18.0 Å². The summed E-state index contributed by atoms with van der Waals surface area (Å²) in [7, 11) is 1.69. The molecule has 4 rings (SSSR count). The quantitative estimate of drug-likeness (QED) is 0.484. The highest BCUT2D eigenvalue weighted by molar-refractivity contribution is 5.99. The first kappa shape index (κ1) is 20.9. The summed E-state index contributed by atoms with van der Waals surface area (Å²) in [4.78, 5) is 16.7. The van der Waals surface area contributed by atoms with Crippen molar-refractivity contribution in [3.05, 3.63) is 90.8 Å². The van der Waals surface area contributed by atoms with Gasteiger partial charge in [-0.1, -0.05) is 50.3 Å². The van der Waals surface area contributed by atoms with Gasteiger partial charge in [0.05, 0.1) is 7.11 Å². The number of allylic oxidation sites excluding steroid dienone is 1. The van der Waals surface area contributed by atoms with Crippen LogP contribution < -0.4 is 10.1 Å². The molecule has 0 atom stereocenters. The predicted octanol–water partition coefficient (Wildman–Crippen LogP) is 6.01. The van der Waals surface area contributed by atoms with Crippen LogP contribution in [0.1, 0.15) is 32.3 Å². The fraction of sp³-hybridized carbons (Fsp3) is 0.259. The Morgan fingerprint density at radius 2 is 1.84 bits per heavy atom. The maximum Gasteiger partial charge on any atom is 0.248 e. The van der Waals surface area contributed by atoms with E-state index in [1.807, 2.05) is 54.7 Å². The third-order valence-electron chi connectivity index (χ3n) is 6.53. The van der Waals surface area contributed by atoms with E-state index in [9.17, 15) is 4.79 Å². The molecule has 0 saturated heterocycles. The van der Waals surface area contributed by atoms with E-state index in [2.05, 4.69) is 42.4 Å². The smallest absolute Gasteiger partial charge is 0.248 e. The lowest BCUT2D eigenvalue weighted by Crippen LogP contribution is -2.29. The molecule has 1 aromatic heterocycles. The zero-order chi connectivity index (χ0) is 21.9. The number of hydrogen-bond acceptors (Lipinski definition) is 3. The van der Waals surface area contributed by atoms with Gasteiger partial charge in [-0.25, -0.2) is 0 Å². The number of ether oxygens (including phenoxy) is 1. The summed E-state index contributed by atoms with van der Waals surface area (Å²) in [6.07, 6.45) is 9.50. The molecule has 158 valence electrons. The van der Waals surface area contributed by atoms with Gasteiger partial charge in [0.1, 0.15) is 5.75 Å². The monoisotopic (exact) mass is 412 g/mol. The van der Waals surface area contributed by atoms with Gasteiger partial charge in [-0.3, -0.25) is 9.78 Å². The van der Waals surface area contributed by atoms with E-state index in [-0.39, 0.29) is 16.7 Å². The molecular weight excluding hydrogens is 384 g/mol. The van der Waals surface area contributed by atoms with Crippen molar-refractivity contribution in [1.82, 2.24) is 4.98 Å². The molecule has 1 fully saturated rings. The molecule has 4 heteroatoms. The van der Waals surface area contributed by atoms with Crippen LogP contribution in [0.4, 0.5) is 5.69 Å². The van der Waals surface area contributed by atoms with E-state index in [1.165, 1.54) is 5.56 Å². The Labute approximate surface area is 184 Å². The first-order chi connectivity index (χ1) is 14.9. The summed E-state index contributed by atoms with van der Waals surface area (Å²) in [6, 6.07) is 20.0. The molecule has 0 spiro atoms. The van der Waals surface area contributed by atoms with Crippen LogP contribution in [0.2, 0.25) is 0 Å². The van der Waals surface area contributed by atoms with Gasteiger partial charge in [-0.15, -0.1) is 0 Å². The number of rotatable bonds is 7. The van der Waals surface area contributed by atoms with Crippen LogP contribution >= 0.6 is 0 Å². The minimum Gasteiger partial charge on any atom is -0.497 e. The highest BCUT2D eigenvalue weighted by atomic mass is 16.5. The number of amides is 1. The van der Waals surface area contributed by atoms with E-state index >= 15 is 0 Å². The van der Waals surface area contributed by atoms with Crippen molar-refractivity contribution in [1.29, 1.82) is 0 Å². The van der Waals surface area contributed by atoms with E-state index in [0.29, 0.717) is 0 Å². The van der Waals surface area contributed by atoms with Gasteiger partial charge < -0.3 is 10.1 Å². The van der Waals surface area contributed by atoms with Crippen LogP contribution in [0.3, 0.4) is 0 Å². The van der Waals surface area contributed by atoms with E-state index in [1.54, 1.807) is 19.4 Å². The molecule has 1 aliphatic carbocycles. The van der Waals surface area contributed by atoms with Gasteiger partial charge >= 0.3 is 0 Å². The number of methoxy groups -OCH3 is 1. The van der Waals surface area contributed by atoms with Crippen molar-refractivity contribution in [2.45, 2.75) is 32.1 Å². The number of carbonyl (C=O) groups is 1. The topological polar surface area (TPSA) is 51.2 Å². The Bertz CT molecular complexity index is 1080. The highest BCUT2D eigenvalue weighted by Gasteiger charge is 2.53. The number of anilines is 1. The summed E-state index contributed by atoms with van der Waals surface area (Å²) in [5, 5.41) is 2.97. The molecule has 1 N–H and O–H groups in total. The summed E-state index contributed by atoms with van der Waals surface area (Å²) >= 11 is 0. The molecular formula is C27H28N2O2. The summed E-state index contributed by atoms with van der Waals surface area (Å²) < 4.78 is 5.40. The largest absolute Gasteiger partial charge is 0.497 e. The summed E-state index contributed by atoms with van der Waals surface area (Å²) in [5.74, 6) is 0.750. The van der Waals surface area contributed by atoms with Crippen LogP contribution in [0.25, 0.3) is 11.1 Å². The molecule has 1 heterocycles. The van der Waals surface area contributed by atoms with Gasteiger partial charge in [0.2, 0.25) is 5.91 Å². The molecule has 0 unspecified atom stereocenters. The summed E-state index contributed by atoms with van der Waals surface area (Å²) in [6.45, 7) is 4.49. The van der Waals surface area contributed by atoms with Crippen molar-refractivity contribution < 1.29 is 9.53 Å². The highest BCUT2D eigenvalue weighted by Crippen LogP contribution is 2.60. The van der Waals surface area contributed by atoms with Crippen LogP contribution in [0.5, 0.6) is 5.75 Å². The van der Waals surface area contributed by atoms with Gasteiger partial charge in [0, 0.05) is 18.1 Å². The number of benzene rings is 2. The first-order valence-corrected chi connectivity index (χ1v) is 10.6. The van der Waals surface area contributed by atoms with E-state index in [0.717, 1.165) is 35.4 Å². The third-order valence-corrected chi connectivity index (χ3v) is 6.53. The molecule has 4 nitrogen and oxygen atoms in total. The van der Waals surface area contributed by atoms with Crippen molar-refractivity contribution in [2.75, 3.05) is 12.4 Å². The minimum atomic E-state index is -0.109. The standard InChI is InChI=1S/C27H28N2O2/c1-26(2,22-7-4-8-24(18-22)31-3)27(15-16-27)14-13-25(30)29-23-11-9-20(10-12-23)21-6-5-17-28-19-21/h4-14,17-19H,15-16H2,1-3H3,(H,29,30)/b14-13+. The molecule has 0 bridgehead atoms. The maximum absolute atomic E-state index is 12.6. The lowest BCUT2D eigenvalue weighted by Gasteiger charge is -2.33. The fourth-order valence-corrected chi connectivity index (χ4v) is 4.13. The number of carbonyl (C=O) groups excluding carboxylic acids is 1. The average Bonchev–Trinajstić information content (AvgIpc) is 3.61. The molecule has 0 aliphatic heterocycles. The van der Waals surface area contributed by atoms with E-state index < -0.39 is 0 Å². The molecule has 3 aromatic rings. The first-order valence-electron chi connectivity index (χ1n) is 10.6. The molecule has 0 radical (unpaired) electrons. The van der Waals surface area contributed by atoms with Crippen LogP contribution in [0, 0.1) is 5.41 Å². The van der Waals surface area contributed by atoms with Crippen molar-refractivity contribution in [3.63, 3.8) is 0 Å². The number of nitrogens with one attached hydrogen (secondary N) is 1. The molecule has 1 amide bonds. The Morgan fingerprint density at radius 3 is 2.48 bits per heavy atom. The van der Waals surface area contributed by atoms with E-state index in [4.69, 9.17) is 4.74 Å². The van der Waals surface area contributed by atoms with Gasteiger partial charge in [0.25, 0.3) is 0 Å². The molecule has 1 saturated carbocycles. The van der Waals surface area contributed by atoms with Crippen molar-refractivity contribution in [3.8, 4) is 16.9 Å². The maximum atomic E-state index is 12.6. The van der Waals surface area contributed by atoms with Crippen molar-refractivity contribution >= 4 is 11.6 Å². The Morgan fingerprint density at radius 1 is 1.06 bits per heavy atom. The van der Waals surface area contributed by atoms with Gasteiger partial charge in [-0.05, 0) is 76.8 Å². The SMILES string of the molecule is COc1cccc(C(C)(C)C2(/C=C/C(=O)Nc3ccc(-c4cccnc4)cc3)CC2)c1. The summed E-state index contributed by atoms with van der Waals surface area (Å²) in [5.41, 5.74) is 4.01. The zero-order valence-electron chi connectivity index (χ0n) is 18.3. The van der Waals surface area contributed by atoms with Crippen LogP contribution in [0.15, 0.2) is 85.2 Å². The molecule has 31 heavy (non-hydrogen) atoms. The number of hydrogen-bond donors (Lipinski definition) is 1. The van der Waals surface area contributed by atoms with Crippen molar-refractivity contribution in [2.24, 2.45) is 5.41 Å². The normalized spacial score (nSPS) is 14.9. The van der Waals surface area contributed by atoms with Gasteiger partial charge in [-0.2, -0.15) is 0 Å². The molecule has 2 aromatic carbocycles. The second-order valence-corrected chi connectivity index (χ2v) is 8.65. The lowest BCUT2D eigenvalue weighted by molar-refractivity contribution is -0.111. The van der Waals surface area contributed by atoms with Crippen LogP contribution in [-0.2, 0) is 10.2 Å². The fourth-order valence-electron chi connectivity index (χ4n) is 4.13. The van der Waals surface area contributed by atoms with Gasteiger partial charge in [0.15, 0.2) is 0 Å².